The predicted molar refractivity (Wildman–Crippen MR) is 121 cm³/mol. The zero-order chi connectivity index (χ0) is 21.8. The van der Waals surface area contributed by atoms with E-state index in [1.54, 1.807) is 12.0 Å². The van der Waals surface area contributed by atoms with E-state index in [4.69, 9.17) is 4.74 Å². The average Bonchev–Trinajstić information content (AvgIpc) is 3.07. The second-order valence-corrected chi connectivity index (χ2v) is 8.79. The van der Waals surface area contributed by atoms with E-state index in [0.717, 1.165) is 42.6 Å². The van der Waals surface area contributed by atoms with Gasteiger partial charge < -0.3 is 14.5 Å². The highest BCUT2D eigenvalue weighted by atomic mass is 16.5. The van der Waals surface area contributed by atoms with Gasteiger partial charge in [-0.1, -0.05) is 67.6 Å². The van der Waals surface area contributed by atoms with Crippen molar-refractivity contribution in [2.75, 3.05) is 13.7 Å². The Balaban J connectivity index is 1.66. The third kappa shape index (κ3) is 4.76. The molecule has 1 heterocycles. The normalized spacial score (nSPS) is 20.6. The Bertz CT molecular complexity index is 899. The molecule has 4 rings (SSSR count). The first-order valence-corrected chi connectivity index (χ1v) is 11.4. The summed E-state index contributed by atoms with van der Waals surface area (Å²) in [7, 11) is 1.63. The van der Waals surface area contributed by atoms with Crippen molar-refractivity contribution in [3.63, 3.8) is 0 Å². The molecule has 164 valence electrons. The largest absolute Gasteiger partial charge is 0.497 e. The maximum absolute atomic E-state index is 13.8. The summed E-state index contributed by atoms with van der Waals surface area (Å²) in [5.74, 6) is 0.804. The van der Waals surface area contributed by atoms with E-state index in [-0.39, 0.29) is 24.4 Å². The summed E-state index contributed by atoms with van der Waals surface area (Å²) < 4.78 is 5.29. The number of hydrogen-bond donors (Lipinski definition) is 0. The molecule has 0 aromatic heterocycles. The Kier molecular flexibility index (Phi) is 6.59. The lowest BCUT2D eigenvalue weighted by Crippen LogP contribution is -2.57. The molecular formula is C26H32N2O3. The minimum atomic E-state index is -0.600. The average molecular weight is 421 g/mol. The topological polar surface area (TPSA) is 49.9 Å². The number of carbonyl (C=O) groups is 2. The Labute approximate surface area is 185 Å². The van der Waals surface area contributed by atoms with Crippen LogP contribution in [0.15, 0.2) is 48.5 Å². The highest BCUT2D eigenvalue weighted by Crippen LogP contribution is 2.33. The number of nitrogens with zero attached hydrogens (tertiary/aromatic N) is 2. The van der Waals surface area contributed by atoms with Crippen molar-refractivity contribution in [3.8, 4) is 5.75 Å². The first-order chi connectivity index (χ1) is 15.1. The van der Waals surface area contributed by atoms with Crippen molar-refractivity contribution in [1.29, 1.82) is 0 Å². The molecule has 1 atom stereocenters. The van der Waals surface area contributed by atoms with Crippen LogP contribution in [0.3, 0.4) is 0 Å². The summed E-state index contributed by atoms with van der Waals surface area (Å²) in [6.07, 6.45) is 6.67. The fraction of sp³-hybridized carbons (Fsp3) is 0.462. The lowest BCUT2D eigenvalue weighted by Gasteiger charge is -2.43. The molecule has 0 spiro atoms. The van der Waals surface area contributed by atoms with Crippen LogP contribution in [0.1, 0.15) is 61.3 Å². The standard InChI is InChI=1S/C26H32N2O3/c1-19-9-11-20(12-10-19)17-28-24(29)18-27(22-7-5-3-4-6-8-22)26(30)25(28)21-13-15-23(31-2)16-14-21/h9-16,22,25H,3-8,17-18H2,1-2H3/t25-/m1/s1. The molecule has 2 aliphatic rings. The van der Waals surface area contributed by atoms with E-state index in [2.05, 4.69) is 0 Å². The Hall–Kier alpha value is -2.82. The first-order valence-electron chi connectivity index (χ1n) is 11.4. The zero-order valence-corrected chi connectivity index (χ0v) is 18.5. The zero-order valence-electron chi connectivity index (χ0n) is 18.5. The van der Waals surface area contributed by atoms with Gasteiger partial charge in [-0.2, -0.15) is 0 Å². The smallest absolute Gasteiger partial charge is 0.250 e. The highest BCUT2D eigenvalue weighted by Gasteiger charge is 2.42. The van der Waals surface area contributed by atoms with E-state index in [1.165, 1.54) is 18.4 Å². The molecule has 0 radical (unpaired) electrons. The highest BCUT2D eigenvalue weighted by molar-refractivity contribution is 5.95. The molecule has 1 saturated carbocycles. The summed E-state index contributed by atoms with van der Waals surface area (Å²) in [6.45, 7) is 2.66. The van der Waals surface area contributed by atoms with E-state index >= 15 is 0 Å². The fourth-order valence-electron chi connectivity index (χ4n) is 4.81. The Morgan fingerprint density at radius 3 is 2.16 bits per heavy atom. The van der Waals surface area contributed by atoms with Gasteiger partial charge in [-0.25, -0.2) is 0 Å². The van der Waals surface area contributed by atoms with Gasteiger partial charge in [-0.05, 0) is 43.0 Å². The minimum absolute atomic E-state index is 0.0187. The maximum Gasteiger partial charge on any atom is 0.250 e. The van der Waals surface area contributed by atoms with Gasteiger partial charge in [0, 0.05) is 12.6 Å². The molecule has 1 aliphatic heterocycles. The monoisotopic (exact) mass is 420 g/mol. The number of carbonyl (C=O) groups excluding carboxylic acids is 2. The number of hydrogen-bond acceptors (Lipinski definition) is 3. The SMILES string of the molecule is COc1ccc([C@@H]2C(=O)N(C3CCCCCC3)CC(=O)N2Cc2ccc(C)cc2)cc1. The molecular weight excluding hydrogens is 388 g/mol. The van der Waals surface area contributed by atoms with Gasteiger partial charge in [0.1, 0.15) is 18.3 Å². The first kappa shape index (κ1) is 21.4. The van der Waals surface area contributed by atoms with Gasteiger partial charge in [-0.15, -0.1) is 0 Å². The number of methoxy groups -OCH3 is 1. The molecule has 5 nitrogen and oxygen atoms in total. The number of benzene rings is 2. The van der Waals surface area contributed by atoms with Gasteiger partial charge in [0.05, 0.1) is 7.11 Å². The van der Waals surface area contributed by atoms with Crippen molar-refractivity contribution in [1.82, 2.24) is 9.80 Å². The second kappa shape index (κ2) is 9.54. The molecule has 1 aliphatic carbocycles. The Morgan fingerprint density at radius 2 is 1.55 bits per heavy atom. The van der Waals surface area contributed by atoms with Crippen LogP contribution in [0.4, 0.5) is 0 Å². The number of ether oxygens (including phenoxy) is 1. The Morgan fingerprint density at radius 1 is 0.903 bits per heavy atom. The van der Waals surface area contributed by atoms with Crippen molar-refractivity contribution >= 4 is 11.8 Å². The van der Waals surface area contributed by atoms with Crippen LogP contribution in [0, 0.1) is 6.92 Å². The fourth-order valence-corrected chi connectivity index (χ4v) is 4.81. The number of amides is 2. The third-order valence-corrected chi connectivity index (χ3v) is 6.63. The molecule has 0 bridgehead atoms. The molecule has 2 aromatic rings. The molecule has 0 N–H and O–H groups in total. The van der Waals surface area contributed by atoms with E-state index < -0.39 is 6.04 Å². The summed E-state index contributed by atoms with van der Waals surface area (Å²) in [4.78, 5) is 30.8. The maximum atomic E-state index is 13.8. The van der Waals surface area contributed by atoms with E-state index in [0.29, 0.717) is 6.54 Å². The van der Waals surface area contributed by atoms with Gasteiger partial charge in [0.25, 0.3) is 5.91 Å². The van der Waals surface area contributed by atoms with Crippen molar-refractivity contribution in [3.05, 3.63) is 65.2 Å². The van der Waals surface area contributed by atoms with Crippen molar-refractivity contribution in [2.45, 2.75) is 64.1 Å². The van der Waals surface area contributed by atoms with Crippen molar-refractivity contribution in [2.24, 2.45) is 0 Å². The van der Waals surface area contributed by atoms with Crippen LogP contribution in [0.2, 0.25) is 0 Å². The number of aryl methyl sites for hydroxylation is 1. The molecule has 5 heteroatoms. The van der Waals surface area contributed by atoms with Crippen LogP contribution >= 0.6 is 0 Å². The van der Waals surface area contributed by atoms with Crippen LogP contribution in [0.25, 0.3) is 0 Å². The summed E-state index contributed by atoms with van der Waals surface area (Å²) in [5, 5.41) is 0. The van der Waals surface area contributed by atoms with Crippen molar-refractivity contribution < 1.29 is 14.3 Å². The predicted octanol–water partition coefficient (Wildman–Crippen LogP) is 4.64. The molecule has 31 heavy (non-hydrogen) atoms. The van der Waals surface area contributed by atoms with Crippen LogP contribution in [-0.2, 0) is 16.1 Å². The number of rotatable bonds is 5. The van der Waals surface area contributed by atoms with E-state index in [9.17, 15) is 9.59 Å². The second-order valence-electron chi connectivity index (χ2n) is 8.79. The quantitative estimate of drug-likeness (QED) is 0.662. The lowest BCUT2D eigenvalue weighted by atomic mass is 9.96. The molecule has 2 aromatic carbocycles. The van der Waals surface area contributed by atoms with Gasteiger partial charge in [-0.3, -0.25) is 9.59 Å². The lowest BCUT2D eigenvalue weighted by molar-refractivity contribution is -0.159. The van der Waals surface area contributed by atoms with Crippen LogP contribution in [-0.4, -0.2) is 41.3 Å². The van der Waals surface area contributed by atoms with Crippen LogP contribution in [0.5, 0.6) is 5.75 Å². The molecule has 0 unspecified atom stereocenters. The van der Waals surface area contributed by atoms with E-state index in [1.807, 2.05) is 60.4 Å². The van der Waals surface area contributed by atoms with Gasteiger partial charge in [0.2, 0.25) is 5.91 Å². The third-order valence-electron chi connectivity index (χ3n) is 6.63. The van der Waals surface area contributed by atoms with Crippen LogP contribution < -0.4 is 4.74 Å². The summed E-state index contributed by atoms with van der Waals surface area (Å²) >= 11 is 0. The van der Waals surface area contributed by atoms with Gasteiger partial charge >= 0.3 is 0 Å². The molecule has 2 fully saturated rings. The van der Waals surface area contributed by atoms with Gasteiger partial charge in [0.15, 0.2) is 0 Å². The summed E-state index contributed by atoms with van der Waals surface area (Å²) in [6, 6.07) is 15.3. The number of piperazine rings is 1. The molecule has 2 amide bonds. The molecule has 1 saturated heterocycles. The minimum Gasteiger partial charge on any atom is -0.497 e. The summed E-state index contributed by atoms with van der Waals surface area (Å²) in [5.41, 5.74) is 3.05.